The van der Waals surface area contributed by atoms with E-state index < -0.39 is 12.0 Å². The molecule has 0 aliphatic carbocycles. The fourth-order valence-electron chi connectivity index (χ4n) is 1.91. The molecule has 0 saturated carbocycles. The Labute approximate surface area is 136 Å². The molecule has 2 heterocycles. The molecule has 0 bridgehead atoms. The van der Waals surface area contributed by atoms with Gasteiger partial charge in [-0.05, 0) is 18.9 Å². The maximum absolute atomic E-state index is 11.5. The highest BCUT2D eigenvalue weighted by Gasteiger charge is 2.22. The van der Waals surface area contributed by atoms with Crippen molar-refractivity contribution in [1.82, 2.24) is 5.06 Å². The summed E-state index contributed by atoms with van der Waals surface area (Å²) < 4.78 is 0.732. The van der Waals surface area contributed by atoms with E-state index in [1.807, 2.05) is 0 Å². The number of hydrogen-bond acceptors (Lipinski definition) is 6. The maximum Gasteiger partial charge on any atom is 0.329 e. The first-order valence-electron chi connectivity index (χ1n) is 6.81. The summed E-state index contributed by atoms with van der Waals surface area (Å²) in [6, 6.07) is 4.11. The van der Waals surface area contributed by atoms with Gasteiger partial charge in [-0.3, -0.25) is 10.2 Å². The minimum absolute atomic E-state index is 0.215. The lowest BCUT2D eigenvalue weighted by Crippen LogP contribution is -2.35. The van der Waals surface area contributed by atoms with Crippen LogP contribution in [0.25, 0.3) is 0 Å². The number of carboxylic acids is 1. The van der Waals surface area contributed by atoms with E-state index in [1.54, 1.807) is 18.2 Å². The summed E-state index contributed by atoms with van der Waals surface area (Å²) in [6.07, 6.45) is 3.74. The zero-order valence-electron chi connectivity index (χ0n) is 11.8. The van der Waals surface area contributed by atoms with Crippen molar-refractivity contribution in [1.29, 1.82) is 0 Å². The second-order valence-corrected chi connectivity index (χ2v) is 7.07. The molecule has 7 nitrogen and oxygen atoms in total. The number of hydroxylamine groups is 2. The standard InChI is InChI=1S/C13H17N3O4S2/c17-13(18)10(14-11-5-1-3-7-15(11)19)9-21-22-12-6-2-4-8-16(12)20/h2,4,6,8,10,19H,1,3,5,7,9H2,(H,17,18). The summed E-state index contributed by atoms with van der Waals surface area (Å²) >= 11 is 0. The molecule has 1 aliphatic heterocycles. The molecule has 1 unspecified atom stereocenters. The lowest BCUT2D eigenvalue weighted by Gasteiger charge is -2.24. The zero-order valence-corrected chi connectivity index (χ0v) is 13.4. The SMILES string of the molecule is O=C(O)C(CSSc1cccc[n+]1[O-])N=C1CCCCN1O. The third-order valence-corrected chi connectivity index (χ3v) is 5.40. The van der Waals surface area contributed by atoms with Crippen LogP contribution in [0.2, 0.25) is 0 Å². The molecule has 1 atom stereocenters. The van der Waals surface area contributed by atoms with E-state index in [-0.39, 0.29) is 5.75 Å². The van der Waals surface area contributed by atoms with Crippen LogP contribution in [0.5, 0.6) is 0 Å². The van der Waals surface area contributed by atoms with Gasteiger partial charge in [0.05, 0.1) is 0 Å². The van der Waals surface area contributed by atoms with Crippen LogP contribution in [0, 0.1) is 5.21 Å². The van der Waals surface area contributed by atoms with Gasteiger partial charge in [-0.1, -0.05) is 10.8 Å². The predicted molar refractivity (Wildman–Crippen MR) is 84.9 cm³/mol. The quantitative estimate of drug-likeness (QED) is 0.461. The second kappa shape index (κ2) is 8.25. The Morgan fingerprint density at radius 2 is 2.32 bits per heavy atom. The maximum atomic E-state index is 11.5. The summed E-state index contributed by atoms with van der Waals surface area (Å²) in [5.74, 6) is -0.405. The van der Waals surface area contributed by atoms with Gasteiger partial charge in [-0.25, -0.2) is 9.86 Å². The molecule has 0 aromatic carbocycles. The van der Waals surface area contributed by atoms with Gasteiger partial charge >= 0.3 is 5.97 Å². The van der Waals surface area contributed by atoms with E-state index in [1.165, 1.54) is 27.8 Å². The molecule has 2 N–H and O–H groups in total. The van der Waals surface area contributed by atoms with Crippen molar-refractivity contribution in [2.24, 2.45) is 4.99 Å². The van der Waals surface area contributed by atoms with Crippen molar-refractivity contribution >= 4 is 33.4 Å². The van der Waals surface area contributed by atoms with E-state index in [2.05, 4.69) is 4.99 Å². The lowest BCUT2D eigenvalue weighted by molar-refractivity contribution is -0.645. The third-order valence-electron chi connectivity index (χ3n) is 3.07. The Bertz CT molecular complexity index is 556. The highest BCUT2D eigenvalue weighted by molar-refractivity contribution is 8.76. The summed E-state index contributed by atoms with van der Waals surface area (Å²) in [7, 11) is 2.47. The van der Waals surface area contributed by atoms with Gasteiger partial charge in [-0.2, -0.15) is 4.73 Å². The first kappa shape index (κ1) is 16.9. The Morgan fingerprint density at radius 1 is 1.50 bits per heavy atom. The smallest absolute Gasteiger partial charge is 0.329 e. The number of pyridine rings is 1. The summed E-state index contributed by atoms with van der Waals surface area (Å²) in [6.45, 7) is 0.479. The second-order valence-electron chi connectivity index (χ2n) is 4.71. The first-order chi connectivity index (χ1) is 10.6. The van der Waals surface area contributed by atoms with Gasteiger partial charge in [-0.15, -0.1) is 0 Å². The van der Waals surface area contributed by atoms with Gasteiger partial charge in [0.15, 0.2) is 12.2 Å². The molecule has 22 heavy (non-hydrogen) atoms. The Kier molecular flexibility index (Phi) is 6.34. The van der Waals surface area contributed by atoms with Crippen molar-refractivity contribution < 1.29 is 19.8 Å². The van der Waals surface area contributed by atoms with E-state index in [0.717, 1.165) is 22.6 Å². The molecule has 0 amide bonds. The third kappa shape index (κ3) is 4.79. The van der Waals surface area contributed by atoms with Crippen molar-refractivity contribution in [2.45, 2.75) is 30.3 Å². The van der Waals surface area contributed by atoms with Gasteiger partial charge in [0, 0.05) is 41.6 Å². The van der Waals surface area contributed by atoms with Crippen LogP contribution in [0.15, 0.2) is 34.4 Å². The van der Waals surface area contributed by atoms with E-state index in [0.29, 0.717) is 23.8 Å². The minimum Gasteiger partial charge on any atom is -0.618 e. The molecule has 1 aromatic rings. The van der Waals surface area contributed by atoms with Crippen molar-refractivity contribution in [3.05, 3.63) is 29.6 Å². The molecule has 120 valence electrons. The molecular formula is C13H17N3O4S2. The number of rotatable bonds is 6. The van der Waals surface area contributed by atoms with Crippen molar-refractivity contribution in [3.63, 3.8) is 0 Å². The van der Waals surface area contributed by atoms with Crippen molar-refractivity contribution in [3.8, 4) is 0 Å². The van der Waals surface area contributed by atoms with E-state index in [4.69, 9.17) is 0 Å². The first-order valence-corrected chi connectivity index (χ1v) is 9.13. The highest BCUT2D eigenvalue weighted by Crippen LogP contribution is 2.29. The Morgan fingerprint density at radius 3 is 3.00 bits per heavy atom. The van der Waals surface area contributed by atoms with Gasteiger partial charge in [0.1, 0.15) is 5.84 Å². The van der Waals surface area contributed by atoms with Gasteiger partial charge in [0.25, 0.3) is 5.03 Å². The van der Waals surface area contributed by atoms with Gasteiger partial charge < -0.3 is 10.3 Å². The largest absolute Gasteiger partial charge is 0.618 e. The number of carbonyl (C=O) groups is 1. The van der Waals surface area contributed by atoms with E-state index >= 15 is 0 Å². The molecule has 2 rings (SSSR count). The summed E-state index contributed by atoms with van der Waals surface area (Å²) in [4.78, 5) is 15.4. The normalized spacial score (nSPS) is 18.4. The molecular weight excluding hydrogens is 326 g/mol. The molecule has 0 spiro atoms. The average molecular weight is 343 g/mol. The monoisotopic (exact) mass is 343 g/mol. The van der Waals surface area contributed by atoms with Crippen LogP contribution in [0.1, 0.15) is 19.3 Å². The number of nitrogens with zero attached hydrogens (tertiary/aromatic N) is 3. The van der Waals surface area contributed by atoms with Crippen LogP contribution in [0.4, 0.5) is 0 Å². The molecule has 1 aliphatic rings. The molecule has 1 saturated heterocycles. The van der Waals surface area contributed by atoms with Crippen LogP contribution in [0.3, 0.4) is 0 Å². The summed E-state index contributed by atoms with van der Waals surface area (Å²) in [5.41, 5.74) is 0. The molecule has 1 aromatic heterocycles. The number of amidine groups is 1. The predicted octanol–water partition coefficient (Wildman–Crippen LogP) is 1.79. The Hall–Kier alpha value is -1.45. The number of aliphatic imine (C=N–C) groups is 1. The minimum atomic E-state index is -1.04. The van der Waals surface area contributed by atoms with Gasteiger partial charge in [0.2, 0.25) is 0 Å². The molecule has 1 fully saturated rings. The van der Waals surface area contributed by atoms with E-state index in [9.17, 15) is 20.3 Å². The zero-order chi connectivity index (χ0) is 15.9. The number of aromatic nitrogens is 1. The highest BCUT2D eigenvalue weighted by atomic mass is 33.1. The lowest BCUT2D eigenvalue weighted by atomic mass is 10.1. The topological polar surface area (TPSA) is 100 Å². The fraction of sp³-hybridized carbons (Fsp3) is 0.462. The van der Waals surface area contributed by atoms with Crippen LogP contribution in [-0.2, 0) is 4.79 Å². The summed E-state index contributed by atoms with van der Waals surface area (Å²) in [5, 5.41) is 31.9. The number of carboxylic acid groups (broad SMARTS) is 1. The number of aliphatic carboxylic acids is 1. The number of hydrogen-bond donors (Lipinski definition) is 2. The fourth-order valence-corrected chi connectivity index (χ4v) is 4.06. The molecule has 0 radical (unpaired) electrons. The van der Waals surface area contributed by atoms with Crippen molar-refractivity contribution in [2.75, 3.05) is 12.3 Å². The van der Waals surface area contributed by atoms with Crippen LogP contribution >= 0.6 is 21.6 Å². The van der Waals surface area contributed by atoms with Crippen LogP contribution in [-0.4, -0.2) is 45.5 Å². The average Bonchev–Trinajstić information content (AvgIpc) is 2.50. The molecule has 9 heteroatoms. The number of piperidine rings is 1. The Balaban J connectivity index is 1.93. The van der Waals surface area contributed by atoms with Crippen LogP contribution < -0.4 is 4.73 Å².